The fourth-order valence-corrected chi connectivity index (χ4v) is 4.16. The van der Waals surface area contributed by atoms with Gasteiger partial charge in [0.05, 0.1) is 13.3 Å². The molecule has 1 aromatic carbocycles. The molecule has 26 heavy (non-hydrogen) atoms. The number of likely N-dealkylation sites (tertiary alicyclic amines) is 1. The van der Waals surface area contributed by atoms with Crippen LogP contribution in [0.4, 0.5) is 4.39 Å². The van der Waals surface area contributed by atoms with Gasteiger partial charge in [0.15, 0.2) is 11.6 Å². The van der Waals surface area contributed by atoms with Crippen molar-refractivity contribution in [1.29, 1.82) is 0 Å². The van der Waals surface area contributed by atoms with Crippen molar-refractivity contribution in [3.8, 4) is 5.75 Å². The van der Waals surface area contributed by atoms with Gasteiger partial charge >= 0.3 is 0 Å². The van der Waals surface area contributed by atoms with E-state index in [2.05, 4.69) is 35.2 Å². The van der Waals surface area contributed by atoms with E-state index in [1.807, 2.05) is 24.0 Å². The monoisotopic (exact) mass is 360 g/mol. The summed E-state index contributed by atoms with van der Waals surface area (Å²) in [6.45, 7) is 2.81. The van der Waals surface area contributed by atoms with E-state index in [-0.39, 0.29) is 5.82 Å². The molecule has 1 aliphatic heterocycles. The SMILES string of the molecule is COc1ccc(CN(C)C[C@@H]2CCCN(C)[C@H]2c2cnn(C)c2)cc1F. The van der Waals surface area contributed by atoms with Gasteiger partial charge in [0.25, 0.3) is 0 Å². The molecule has 0 N–H and O–H groups in total. The molecule has 2 atom stereocenters. The van der Waals surface area contributed by atoms with Crippen molar-refractivity contribution in [3.05, 3.63) is 47.5 Å². The zero-order valence-corrected chi connectivity index (χ0v) is 16.2. The van der Waals surface area contributed by atoms with E-state index >= 15 is 0 Å². The van der Waals surface area contributed by atoms with E-state index in [0.29, 0.717) is 17.7 Å². The fourth-order valence-electron chi connectivity index (χ4n) is 4.16. The largest absolute Gasteiger partial charge is 0.494 e. The molecule has 0 unspecified atom stereocenters. The van der Waals surface area contributed by atoms with Gasteiger partial charge in [-0.25, -0.2) is 4.39 Å². The van der Waals surface area contributed by atoms with Gasteiger partial charge in [-0.1, -0.05) is 6.07 Å². The maximum Gasteiger partial charge on any atom is 0.165 e. The predicted molar refractivity (Wildman–Crippen MR) is 101 cm³/mol. The lowest BCUT2D eigenvalue weighted by Crippen LogP contribution is -2.40. The Balaban J connectivity index is 1.68. The summed E-state index contributed by atoms with van der Waals surface area (Å²) in [4.78, 5) is 4.72. The predicted octanol–water partition coefficient (Wildman–Crippen LogP) is 3.08. The van der Waals surface area contributed by atoms with Crippen LogP contribution in [0.2, 0.25) is 0 Å². The van der Waals surface area contributed by atoms with Crippen molar-refractivity contribution in [2.75, 3.05) is 34.3 Å². The number of hydrogen-bond acceptors (Lipinski definition) is 4. The Morgan fingerprint density at radius 1 is 1.35 bits per heavy atom. The summed E-state index contributed by atoms with van der Waals surface area (Å²) >= 11 is 0. The third-order valence-corrected chi connectivity index (χ3v) is 5.29. The van der Waals surface area contributed by atoms with Gasteiger partial charge in [0.1, 0.15) is 0 Å². The molecule has 1 aromatic heterocycles. The van der Waals surface area contributed by atoms with Crippen molar-refractivity contribution in [3.63, 3.8) is 0 Å². The number of aromatic nitrogens is 2. The molecule has 5 nitrogen and oxygen atoms in total. The number of benzene rings is 1. The maximum absolute atomic E-state index is 13.9. The second kappa shape index (κ2) is 8.18. The third kappa shape index (κ3) is 4.24. The first-order valence-corrected chi connectivity index (χ1v) is 9.17. The van der Waals surface area contributed by atoms with Crippen molar-refractivity contribution in [2.45, 2.75) is 25.4 Å². The van der Waals surface area contributed by atoms with Crippen LogP contribution in [0.5, 0.6) is 5.75 Å². The van der Waals surface area contributed by atoms with Gasteiger partial charge in [-0.3, -0.25) is 9.58 Å². The number of hydrogen-bond donors (Lipinski definition) is 0. The average molecular weight is 360 g/mol. The number of ether oxygens (including phenoxy) is 1. The quantitative estimate of drug-likeness (QED) is 0.793. The summed E-state index contributed by atoms with van der Waals surface area (Å²) in [5.41, 5.74) is 2.25. The summed E-state index contributed by atoms with van der Waals surface area (Å²) in [6.07, 6.45) is 6.52. The van der Waals surface area contributed by atoms with E-state index in [4.69, 9.17) is 4.74 Å². The topological polar surface area (TPSA) is 33.5 Å². The van der Waals surface area contributed by atoms with Crippen LogP contribution in [0.25, 0.3) is 0 Å². The highest BCUT2D eigenvalue weighted by atomic mass is 19.1. The molecule has 3 rings (SSSR count). The minimum Gasteiger partial charge on any atom is -0.494 e. The number of piperidine rings is 1. The first-order chi connectivity index (χ1) is 12.5. The van der Waals surface area contributed by atoms with Gasteiger partial charge in [0, 0.05) is 37.9 Å². The Hall–Kier alpha value is -1.92. The van der Waals surface area contributed by atoms with Crippen molar-refractivity contribution < 1.29 is 9.13 Å². The number of halogens is 1. The molecular weight excluding hydrogens is 331 g/mol. The van der Waals surface area contributed by atoms with Crippen molar-refractivity contribution >= 4 is 0 Å². The Bertz CT molecular complexity index is 732. The Morgan fingerprint density at radius 3 is 2.81 bits per heavy atom. The van der Waals surface area contributed by atoms with Gasteiger partial charge in [-0.2, -0.15) is 5.10 Å². The highest BCUT2D eigenvalue weighted by Crippen LogP contribution is 2.35. The summed E-state index contributed by atoms with van der Waals surface area (Å²) in [5, 5.41) is 4.36. The van der Waals surface area contributed by atoms with Crippen LogP contribution < -0.4 is 4.74 Å². The lowest BCUT2D eigenvalue weighted by Gasteiger charge is -2.40. The molecule has 0 amide bonds. The fraction of sp³-hybridized carbons (Fsp3) is 0.550. The standard InChI is InChI=1S/C20H29FN4O/c1-23(12-15-7-8-19(26-4)18(21)10-15)13-16-6-5-9-24(2)20(16)17-11-22-25(3)14-17/h7-8,10-11,14,16,20H,5-6,9,12-13H2,1-4H3/t16-,20+/m0/s1. The molecule has 142 valence electrons. The van der Waals surface area contributed by atoms with Crippen LogP contribution in [0.1, 0.15) is 30.0 Å². The van der Waals surface area contributed by atoms with E-state index in [9.17, 15) is 4.39 Å². The number of aryl methyl sites for hydroxylation is 1. The first kappa shape index (κ1) is 18.9. The van der Waals surface area contributed by atoms with E-state index in [0.717, 1.165) is 25.2 Å². The summed E-state index contributed by atoms with van der Waals surface area (Å²) in [5.74, 6) is 0.525. The minimum absolute atomic E-state index is 0.293. The smallest absolute Gasteiger partial charge is 0.165 e. The number of methoxy groups -OCH3 is 1. The third-order valence-electron chi connectivity index (χ3n) is 5.29. The molecule has 1 fully saturated rings. The summed E-state index contributed by atoms with van der Waals surface area (Å²) in [6, 6.07) is 5.59. The second-order valence-corrected chi connectivity index (χ2v) is 7.44. The summed E-state index contributed by atoms with van der Waals surface area (Å²) in [7, 11) is 7.76. The van der Waals surface area contributed by atoms with Crippen LogP contribution in [-0.2, 0) is 13.6 Å². The lowest BCUT2D eigenvalue weighted by molar-refractivity contribution is 0.0925. The molecule has 0 bridgehead atoms. The molecular formula is C20H29FN4O. The maximum atomic E-state index is 13.9. The molecule has 6 heteroatoms. The Labute approximate surface area is 155 Å². The van der Waals surface area contributed by atoms with Gasteiger partial charge in [0.2, 0.25) is 0 Å². The molecule has 1 saturated heterocycles. The lowest BCUT2D eigenvalue weighted by atomic mass is 9.85. The number of nitrogens with zero attached hydrogens (tertiary/aromatic N) is 4. The zero-order valence-electron chi connectivity index (χ0n) is 16.2. The van der Waals surface area contributed by atoms with Crippen molar-refractivity contribution in [1.82, 2.24) is 19.6 Å². The molecule has 0 spiro atoms. The molecule has 0 radical (unpaired) electrons. The first-order valence-electron chi connectivity index (χ1n) is 9.17. The van der Waals surface area contributed by atoms with Gasteiger partial charge < -0.3 is 9.64 Å². The second-order valence-electron chi connectivity index (χ2n) is 7.44. The minimum atomic E-state index is -0.302. The normalized spacial score (nSPS) is 21.3. The van der Waals surface area contributed by atoms with Crippen LogP contribution in [-0.4, -0.2) is 53.9 Å². The van der Waals surface area contributed by atoms with Crippen LogP contribution in [0, 0.1) is 11.7 Å². The summed E-state index contributed by atoms with van der Waals surface area (Å²) < 4.78 is 20.8. The Kier molecular flexibility index (Phi) is 5.94. The van der Waals surface area contributed by atoms with Gasteiger partial charge in [-0.05, 0) is 57.1 Å². The van der Waals surface area contributed by atoms with Crippen LogP contribution >= 0.6 is 0 Å². The van der Waals surface area contributed by atoms with E-state index in [1.54, 1.807) is 12.1 Å². The van der Waals surface area contributed by atoms with Crippen molar-refractivity contribution in [2.24, 2.45) is 13.0 Å². The van der Waals surface area contributed by atoms with Crippen LogP contribution in [0.15, 0.2) is 30.6 Å². The van der Waals surface area contributed by atoms with E-state index < -0.39 is 0 Å². The molecule has 1 aliphatic rings. The highest BCUT2D eigenvalue weighted by Gasteiger charge is 2.32. The Morgan fingerprint density at radius 2 is 2.15 bits per heavy atom. The van der Waals surface area contributed by atoms with E-state index in [1.165, 1.54) is 25.5 Å². The molecule has 2 aromatic rings. The molecule has 0 saturated carbocycles. The zero-order chi connectivity index (χ0) is 18.7. The highest BCUT2D eigenvalue weighted by molar-refractivity contribution is 5.29. The molecule has 0 aliphatic carbocycles. The molecule has 2 heterocycles. The van der Waals surface area contributed by atoms with Crippen LogP contribution in [0.3, 0.4) is 0 Å². The van der Waals surface area contributed by atoms with Gasteiger partial charge in [-0.15, -0.1) is 0 Å². The average Bonchev–Trinajstić information content (AvgIpc) is 3.01. The number of rotatable bonds is 6.